The Hall–Kier alpha value is -1.46. The Kier molecular flexibility index (Phi) is 3.60. The Bertz CT molecular complexity index is 735. The van der Waals surface area contributed by atoms with Gasteiger partial charge in [-0.25, -0.2) is 13.2 Å². The van der Waals surface area contributed by atoms with Crippen molar-refractivity contribution in [3.63, 3.8) is 0 Å². The first-order valence-corrected chi connectivity index (χ1v) is 7.74. The summed E-state index contributed by atoms with van der Waals surface area (Å²) in [5.41, 5.74) is 0. The molecule has 0 aliphatic rings. The molecule has 8 nitrogen and oxygen atoms in total. The Morgan fingerprint density at radius 2 is 2.21 bits per heavy atom. The second-order valence-corrected chi connectivity index (χ2v) is 6.84. The van der Waals surface area contributed by atoms with Gasteiger partial charge in [0.05, 0.1) is 0 Å². The lowest BCUT2D eigenvalue weighted by molar-refractivity contribution is 0.0661. The van der Waals surface area contributed by atoms with Gasteiger partial charge in [0.1, 0.15) is 9.90 Å². The van der Waals surface area contributed by atoms with Crippen molar-refractivity contribution in [3.8, 4) is 0 Å². The Morgan fingerprint density at radius 1 is 1.53 bits per heavy atom. The van der Waals surface area contributed by atoms with Crippen LogP contribution in [0.1, 0.15) is 15.6 Å². The van der Waals surface area contributed by atoms with Crippen LogP contribution in [0, 0.1) is 6.92 Å². The Morgan fingerprint density at radius 3 is 2.68 bits per heavy atom. The first-order chi connectivity index (χ1) is 8.79. The zero-order chi connectivity index (χ0) is 14.2. The van der Waals surface area contributed by atoms with Gasteiger partial charge in [-0.3, -0.25) is 4.72 Å². The topological polar surface area (TPSA) is 122 Å². The number of aromatic nitrogens is 2. The fourth-order valence-corrected chi connectivity index (χ4v) is 3.91. The molecule has 0 spiro atoms. The summed E-state index contributed by atoms with van der Waals surface area (Å²) in [6.45, 7) is 1.67. The molecule has 2 heterocycles. The van der Waals surface area contributed by atoms with Gasteiger partial charge in [0.25, 0.3) is 10.0 Å². The minimum absolute atomic E-state index is 0.0856. The molecule has 2 N–H and O–H groups in total. The molecule has 0 bridgehead atoms. The summed E-state index contributed by atoms with van der Waals surface area (Å²) in [7, 11) is -3.99. The SMILES string of the molecule is Cc1nnc(NS(=O)(=O)c2cc(C(=O)O)oc2Br)s1. The largest absolute Gasteiger partial charge is 0.475 e. The number of carboxylic acids is 1. The van der Waals surface area contributed by atoms with Gasteiger partial charge in [-0.1, -0.05) is 11.3 Å². The van der Waals surface area contributed by atoms with E-state index in [0.717, 1.165) is 17.4 Å². The van der Waals surface area contributed by atoms with E-state index in [-0.39, 0.29) is 14.7 Å². The van der Waals surface area contributed by atoms with Crippen LogP contribution in [-0.4, -0.2) is 29.7 Å². The highest BCUT2D eigenvalue weighted by molar-refractivity contribution is 9.10. The number of halogens is 1. The van der Waals surface area contributed by atoms with Gasteiger partial charge in [-0.15, -0.1) is 10.2 Å². The molecule has 0 aliphatic heterocycles. The maximum Gasteiger partial charge on any atom is 0.371 e. The van der Waals surface area contributed by atoms with Gasteiger partial charge in [0, 0.05) is 6.07 Å². The van der Waals surface area contributed by atoms with E-state index >= 15 is 0 Å². The Labute approximate surface area is 119 Å². The maximum absolute atomic E-state index is 12.0. The minimum atomic E-state index is -3.99. The number of anilines is 1. The van der Waals surface area contributed by atoms with Crippen molar-refractivity contribution in [1.82, 2.24) is 10.2 Å². The van der Waals surface area contributed by atoms with Crippen molar-refractivity contribution < 1.29 is 22.7 Å². The quantitative estimate of drug-likeness (QED) is 0.842. The monoisotopic (exact) mass is 367 g/mol. The number of carboxylic acid groups (broad SMARTS) is 1. The number of rotatable bonds is 4. The minimum Gasteiger partial charge on any atom is -0.475 e. The molecule has 0 fully saturated rings. The highest BCUT2D eigenvalue weighted by atomic mass is 79.9. The van der Waals surface area contributed by atoms with E-state index in [0.29, 0.717) is 5.01 Å². The molecule has 0 unspecified atom stereocenters. The smallest absolute Gasteiger partial charge is 0.371 e. The standard InChI is InChI=1S/C8H6BrN3O5S2/c1-3-10-11-8(18-3)12-19(15,16)5-2-4(7(13)14)17-6(5)9/h2H,1H3,(H,11,12)(H,13,14). The van der Waals surface area contributed by atoms with Gasteiger partial charge in [0.15, 0.2) is 4.67 Å². The van der Waals surface area contributed by atoms with E-state index in [1.54, 1.807) is 6.92 Å². The van der Waals surface area contributed by atoms with Crippen LogP contribution in [-0.2, 0) is 10.0 Å². The highest BCUT2D eigenvalue weighted by Gasteiger charge is 2.25. The zero-order valence-electron chi connectivity index (χ0n) is 9.25. The molecule has 2 aromatic rings. The van der Waals surface area contributed by atoms with Crippen molar-refractivity contribution in [2.45, 2.75) is 11.8 Å². The van der Waals surface area contributed by atoms with Gasteiger partial charge >= 0.3 is 5.97 Å². The van der Waals surface area contributed by atoms with Crippen LogP contribution in [0.25, 0.3) is 0 Å². The number of sulfonamides is 1. The molecule has 102 valence electrons. The molecular weight excluding hydrogens is 362 g/mol. The van der Waals surface area contributed by atoms with Crippen LogP contribution in [0.4, 0.5) is 5.13 Å². The maximum atomic E-state index is 12.0. The molecule has 0 aliphatic carbocycles. The average molecular weight is 368 g/mol. The number of aromatic carboxylic acids is 1. The van der Waals surface area contributed by atoms with E-state index in [4.69, 9.17) is 9.52 Å². The van der Waals surface area contributed by atoms with Crippen molar-refractivity contribution in [2.75, 3.05) is 4.72 Å². The van der Waals surface area contributed by atoms with E-state index in [2.05, 4.69) is 30.8 Å². The van der Waals surface area contributed by atoms with Crippen LogP contribution in [0.2, 0.25) is 0 Å². The third-order valence-electron chi connectivity index (χ3n) is 1.90. The van der Waals surface area contributed by atoms with Gasteiger partial charge in [0.2, 0.25) is 10.9 Å². The predicted molar refractivity (Wildman–Crippen MR) is 68.8 cm³/mol. The lowest BCUT2D eigenvalue weighted by atomic mass is 10.5. The summed E-state index contributed by atoms with van der Waals surface area (Å²) in [6.07, 6.45) is 0. The molecule has 19 heavy (non-hydrogen) atoms. The molecule has 11 heteroatoms. The van der Waals surface area contributed by atoms with Crippen molar-refractivity contribution >= 4 is 48.4 Å². The number of furan rings is 1. The van der Waals surface area contributed by atoms with Crippen LogP contribution in [0.3, 0.4) is 0 Å². The number of nitrogens with one attached hydrogen (secondary N) is 1. The van der Waals surface area contributed by atoms with Crippen LogP contribution < -0.4 is 4.72 Å². The molecular formula is C8H6BrN3O5S2. The average Bonchev–Trinajstić information content (AvgIpc) is 2.85. The van der Waals surface area contributed by atoms with Gasteiger partial charge < -0.3 is 9.52 Å². The molecule has 2 aromatic heterocycles. The third kappa shape index (κ3) is 2.93. The second kappa shape index (κ2) is 4.90. The summed E-state index contributed by atoms with van der Waals surface area (Å²) in [4.78, 5) is 10.4. The first-order valence-electron chi connectivity index (χ1n) is 4.65. The van der Waals surface area contributed by atoms with E-state index in [1.165, 1.54) is 0 Å². The van der Waals surface area contributed by atoms with E-state index in [9.17, 15) is 13.2 Å². The van der Waals surface area contributed by atoms with Crippen LogP contribution >= 0.6 is 27.3 Å². The van der Waals surface area contributed by atoms with Gasteiger partial charge in [-0.05, 0) is 22.9 Å². The number of nitrogens with zero attached hydrogens (tertiary/aromatic N) is 2. The van der Waals surface area contributed by atoms with Crippen LogP contribution in [0.5, 0.6) is 0 Å². The summed E-state index contributed by atoms with van der Waals surface area (Å²) in [6, 6.07) is 0.905. The number of aryl methyl sites for hydroxylation is 1. The second-order valence-electron chi connectivity index (χ2n) is 3.29. The molecule has 0 amide bonds. The third-order valence-corrected chi connectivity index (χ3v) is 4.98. The number of hydrogen-bond acceptors (Lipinski definition) is 7. The zero-order valence-corrected chi connectivity index (χ0v) is 12.5. The lowest BCUT2D eigenvalue weighted by Gasteiger charge is -2.01. The molecule has 0 saturated heterocycles. The van der Waals surface area contributed by atoms with Crippen molar-refractivity contribution in [1.29, 1.82) is 0 Å². The first kappa shape index (κ1) is 14.0. The van der Waals surface area contributed by atoms with E-state index in [1.807, 2.05) is 0 Å². The molecule has 0 saturated carbocycles. The summed E-state index contributed by atoms with van der Waals surface area (Å²) < 4.78 is 30.8. The fraction of sp³-hybridized carbons (Fsp3) is 0.125. The molecule has 0 atom stereocenters. The van der Waals surface area contributed by atoms with Crippen molar-refractivity contribution in [3.05, 3.63) is 21.5 Å². The Balaban J connectivity index is 2.37. The van der Waals surface area contributed by atoms with Gasteiger partial charge in [-0.2, -0.15) is 0 Å². The summed E-state index contributed by atoms with van der Waals surface area (Å²) in [5, 5.41) is 16.7. The van der Waals surface area contributed by atoms with E-state index < -0.39 is 21.8 Å². The molecule has 2 rings (SSSR count). The predicted octanol–water partition coefficient (Wildman–Crippen LogP) is 1.70. The molecule has 0 aromatic carbocycles. The summed E-state index contributed by atoms with van der Waals surface area (Å²) in [5.74, 6) is -1.85. The fourth-order valence-electron chi connectivity index (χ4n) is 1.15. The van der Waals surface area contributed by atoms with Crippen molar-refractivity contribution in [2.24, 2.45) is 0 Å². The van der Waals surface area contributed by atoms with Crippen LogP contribution in [0.15, 0.2) is 20.0 Å². The summed E-state index contributed by atoms with van der Waals surface area (Å²) >= 11 is 3.91. The molecule has 0 radical (unpaired) electrons. The highest BCUT2D eigenvalue weighted by Crippen LogP contribution is 2.28. The number of hydrogen-bond donors (Lipinski definition) is 2. The normalized spacial score (nSPS) is 11.5. The lowest BCUT2D eigenvalue weighted by Crippen LogP contribution is -2.12. The number of carbonyl (C=O) groups is 1.